The zero-order valence-corrected chi connectivity index (χ0v) is 9.03. The summed E-state index contributed by atoms with van der Waals surface area (Å²) in [6, 6.07) is 5.18. The molecule has 0 bridgehead atoms. The van der Waals surface area contributed by atoms with Crippen molar-refractivity contribution < 1.29 is 14.6 Å². The quantitative estimate of drug-likeness (QED) is 0.823. The van der Waals surface area contributed by atoms with Gasteiger partial charge < -0.3 is 9.84 Å². The maximum absolute atomic E-state index is 10.4. The summed E-state index contributed by atoms with van der Waals surface area (Å²) >= 11 is 2.02. The van der Waals surface area contributed by atoms with Gasteiger partial charge in [0.1, 0.15) is 5.75 Å². The lowest BCUT2D eigenvalue weighted by Crippen LogP contribution is -2.08. The van der Waals surface area contributed by atoms with Gasteiger partial charge in [0.05, 0.1) is 16.4 Å². The standard InChI is InChI=1S/C8H8INO3/c1-13-6-4-2-3-5(7(6)9)10-8(11)12/h2-4,10H,1H3,(H,11,12). The molecular weight excluding hydrogens is 285 g/mol. The fourth-order valence-electron chi connectivity index (χ4n) is 0.880. The molecule has 0 unspecified atom stereocenters. The first kappa shape index (κ1) is 10.1. The summed E-state index contributed by atoms with van der Waals surface area (Å²) in [6.45, 7) is 0. The van der Waals surface area contributed by atoms with Gasteiger partial charge in [0.15, 0.2) is 0 Å². The fourth-order valence-corrected chi connectivity index (χ4v) is 1.59. The third-order valence-electron chi connectivity index (χ3n) is 1.42. The van der Waals surface area contributed by atoms with Crippen LogP contribution in [0.25, 0.3) is 0 Å². The van der Waals surface area contributed by atoms with Crippen molar-refractivity contribution in [1.29, 1.82) is 0 Å². The van der Waals surface area contributed by atoms with E-state index in [2.05, 4.69) is 5.32 Å². The third kappa shape index (κ3) is 2.48. The molecule has 0 aliphatic rings. The molecule has 5 heteroatoms. The van der Waals surface area contributed by atoms with E-state index in [0.717, 1.165) is 3.57 Å². The summed E-state index contributed by atoms with van der Waals surface area (Å²) < 4.78 is 5.78. The number of nitrogens with one attached hydrogen (secondary N) is 1. The monoisotopic (exact) mass is 293 g/mol. The Labute approximate surface area is 89.0 Å². The van der Waals surface area contributed by atoms with Gasteiger partial charge in [-0.3, -0.25) is 5.32 Å². The molecular formula is C8H8INO3. The Morgan fingerprint density at radius 1 is 1.62 bits per heavy atom. The molecule has 13 heavy (non-hydrogen) atoms. The zero-order valence-electron chi connectivity index (χ0n) is 6.87. The predicted molar refractivity (Wildman–Crippen MR) is 57.4 cm³/mol. The number of hydrogen-bond acceptors (Lipinski definition) is 2. The Kier molecular flexibility index (Phi) is 3.35. The van der Waals surface area contributed by atoms with Gasteiger partial charge in [0.25, 0.3) is 0 Å². The summed E-state index contributed by atoms with van der Waals surface area (Å²) in [7, 11) is 1.54. The van der Waals surface area contributed by atoms with E-state index in [9.17, 15) is 4.79 Å². The minimum Gasteiger partial charge on any atom is -0.496 e. The molecule has 0 fully saturated rings. The van der Waals surface area contributed by atoms with Gasteiger partial charge in [0.2, 0.25) is 0 Å². The van der Waals surface area contributed by atoms with Crippen LogP contribution >= 0.6 is 22.6 Å². The highest BCUT2D eigenvalue weighted by atomic mass is 127. The van der Waals surface area contributed by atoms with Crippen LogP contribution in [0.5, 0.6) is 5.75 Å². The average Bonchev–Trinajstić information content (AvgIpc) is 2.08. The van der Waals surface area contributed by atoms with Crippen LogP contribution in [-0.2, 0) is 0 Å². The number of halogens is 1. The van der Waals surface area contributed by atoms with Crippen LogP contribution in [0, 0.1) is 3.57 Å². The second kappa shape index (κ2) is 4.31. The zero-order chi connectivity index (χ0) is 9.84. The lowest BCUT2D eigenvalue weighted by molar-refractivity contribution is 0.209. The van der Waals surface area contributed by atoms with E-state index in [1.54, 1.807) is 25.3 Å². The van der Waals surface area contributed by atoms with E-state index < -0.39 is 6.09 Å². The molecule has 1 rings (SSSR count). The number of hydrogen-bond donors (Lipinski definition) is 2. The molecule has 0 atom stereocenters. The SMILES string of the molecule is COc1cccc(NC(=O)O)c1I. The Bertz CT molecular complexity index is 327. The number of methoxy groups -OCH3 is 1. The van der Waals surface area contributed by atoms with Crippen LogP contribution in [0.1, 0.15) is 0 Å². The molecule has 0 aliphatic heterocycles. The van der Waals surface area contributed by atoms with Crippen molar-refractivity contribution in [3.05, 3.63) is 21.8 Å². The van der Waals surface area contributed by atoms with Gasteiger partial charge in [-0.1, -0.05) is 6.07 Å². The van der Waals surface area contributed by atoms with Gasteiger partial charge in [-0.2, -0.15) is 0 Å². The molecule has 0 radical (unpaired) electrons. The van der Waals surface area contributed by atoms with E-state index in [1.165, 1.54) is 0 Å². The maximum Gasteiger partial charge on any atom is 0.409 e. The minimum atomic E-state index is -1.08. The number of rotatable bonds is 2. The van der Waals surface area contributed by atoms with E-state index in [1.807, 2.05) is 22.6 Å². The van der Waals surface area contributed by atoms with Gasteiger partial charge in [-0.15, -0.1) is 0 Å². The molecule has 1 amide bonds. The summed E-state index contributed by atoms with van der Waals surface area (Å²) in [5, 5.41) is 10.8. The number of ether oxygens (including phenoxy) is 1. The summed E-state index contributed by atoms with van der Waals surface area (Å²) in [4.78, 5) is 10.4. The van der Waals surface area contributed by atoms with Crippen molar-refractivity contribution in [2.75, 3.05) is 12.4 Å². The summed E-state index contributed by atoms with van der Waals surface area (Å²) in [6.07, 6.45) is -1.08. The number of amides is 1. The number of anilines is 1. The van der Waals surface area contributed by atoms with Crippen molar-refractivity contribution in [2.24, 2.45) is 0 Å². The highest BCUT2D eigenvalue weighted by Gasteiger charge is 2.06. The molecule has 0 aliphatic carbocycles. The van der Waals surface area contributed by atoms with Crippen LogP contribution in [0.4, 0.5) is 10.5 Å². The largest absolute Gasteiger partial charge is 0.496 e. The van der Waals surface area contributed by atoms with Crippen LogP contribution in [0.15, 0.2) is 18.2 Å². The highest BCUT2D eigenvalue weighted by molar-refractivity contribution is 14.1. The van der Waals surface area contributed by atoms with Gasteiger partial charge in [-0.25, -0.2) is 4.79 Å². The van der Waals surface area contributed by atoms with E-state index in [-0.39, 0.29) is 0 Å². The first-order valence-corrected chi connectivity index (χ1v) is 4.55. The highest BCUT2D eigenvalue weighted by Crippen LogP contribution is 2.27. The van der Waals surface area contributed by atoms with Crippen LogP contribution < -0.4 is 10.1 Å². The number of benzene rings is 1. The minimum absolute atomic E-state index is 0.535. The van der Waals surface area contributed by atoms with Crippen molar-refractivity contribution in [3.63, 3.8) is 0 Å². The Morgan fingerprint density at radius 3 is 2.85 bits per heavy atom. The predicted octanol–water partition coefficient (Wildman–Crippen LogP) is 2.39. The lowest BCUT2D eigenvalue weighted by Gasteiger charge is -2.07. The normalized spacial score (nSPS) is 9.38. The molecule has 0 spiro atoms. The maximum atomic E-state index is 10.4. The molecule has 70 valence electrons. The van der Waals surface area contributed by atoms with Crippen molar-refractivity contribution in [3.8, 4) is 5.75 Å². The van der Waals surface area contributed by atoms with Crippen LogP contribution in [-0.4, -0.2) is 18.3 Å². The molecule has 1 aromatic carbocycles. The molecule has 1 aromatic rings. The molecule has 2 N–H and O–H groups in total. The van der Waals surface area contributed by atoms with Gasteiger partial charge >= 0.3 is 6.09 Å². The second-order valence-electron chi connectivity index (χ2n) is 2.25. The number of carbonyl (C=O) groups is 1. The molecule has 0 saturated heterocycles. The topological polar surface area (TPSA) is 58.6 Å². The Morgan fingerprint density at radius 2 is 2.31 bits per heavy atom. The van der Waals surface area contributed by atoms with E-state index >= 15 is 0 Å². The Hall–Kier alpha value is -0.980. The fraction of sp³-hybridized carbons (Fsp3) is 0.125. The van der Waals surface area contributed by atoms with Crippen molar-refractivity contribution in [2.45, 2.75) is 0 Å². The third-order valence-corrected chi connectivity index (χ3v) is 2.54. The van der Waals surface area contributed by atoms with E-state index in [0.29, 0.717) is 11.4 Å². The average molecular weight is 293 g/mol. The second-order valence-corrected chi connectivity index (χ2v) is 3.33. The van der Waals surface area contributed by atoms with Gasteiger partial charge in [0, 0.05) is 0 Å². The first-order chi connectivity index (χ1) is 6.15. The van der Waals surface area contributed by atoms with Gasteiger partial charge in [-0.05, 0) is 34.7 Å². The van der Waals surface area contributed by atoms with E-state index in [4.69, 9.17) is 9.84 Å². The lowest BCUT2D eigenvalue weighted by atomic mass is 10.3. The Balaban J connectivity index is 3.01. The summed E-state index contributed by atoms with van der Waals surface area (Å²) in [5.41, 5.74) is 0.535. The van der Waals surface area contributed by atoms with Crippen LogP contribution in [0.3, 0.4) is 0 Å². The van der Waals surface area contributed by atoms with Crippen molar-refractivity contribution >= 4 is 34.4 Å². The first-order valence-electron chi connectivity index (χ1n) is 3.47. The summed E-state index contributed by atoms with van der Waals surface area (Å²) in [5.74, 6) is 0.659. The van der Waals surface area contributed by atoms with Crippen LogP contribution in [0.2, 0.25) is 0 Å². The molecule has 0 saturated carbocycles. The molecule has 0 heterocycles. The van der Waals surface area contributed by atoms with Crippen molar-refractivity contribution in [1.82, 2.24) is 0 Å². The molecule has 4 nitrogen and oxygen atoms in total. The number of carboxylic acid groups (broad SMARTS) is 1. The molecule has 0 aromatic heterocycles. The smallest absolute Gasteiger partial charge is 0.409 e.